The van der Waals surface area contributed by atoms with Gasteiger partial charge in [0.25, 0.3) is 0 Å². The van der Waals surface area contributed by atoms with Crippen LogP contribution < -0.4 is 10.5 Å². The van der Waals surface area contributed by atoms with E-state index in [4.69, 9.17) is 5.73 Å². The number of nitrogens with one attached hydrogen (secondary N) is 1. The highest BCUT2D eigenvalue weighted by Crippen LogP contribution is 2.39. The molecule has 1 aliphatic rings. The molecule has 1 fully saturated rings. The SMILES string of the molecule is CC1(CNS(=O)(=O)c2ccc(CN)cc2)CCC1. The topological polar surface area (TPSA) is 72.2 Å². The molecule has 0 amide bonds. The normalized spacial score (nSPS) is 18.3. The van der Waals surface area contributed by atoms with Crippen molar-refractivity contribution in [2.45, 2.75) is 37.6 Å². The number of hydrogen-bond acceptors (Lipinski definition) is 3. The fraction of sp³-hybridized carbons (Fsp3) is 0.538. The van der Waals surface area contributed by atoms with Crippen LogP contribution >= 0.6 is 0 Å². The summed E-state index contributed by atoms with van der Waals surface area (Å²) in [5.41, 5.74) is 6.56. The Hall–Kier alpha value is -0.910. The molecule has 0 radical (unpaired) electrons. The van der Waals surface area contributed by atoms with Crippen LogP contribution in [0.15, 0.2) is 29.2 Å². The lowest BCUT2D eigenvalue weighted by Gasteiger charge is -2.38. The van der Waals surface area contributed by atoms with E-state index in [-0.39, 0.29) is 5.41 Å². The van der Waals surface area contributed by atoms with Gasteiger partial charge in [0.15, 0.2) is 0 Å². The van der Waals surface area contributed by atoms with Crippen molar-refractivity contribution < 1.29 is 8.42 Å². The molecule has 100 valence electrons. The first-order valence-electron chi connectivity index (χ1n) is 6.24. The zero-order chi connectivity index (χ0) is 13.2. The molecule has 0 atom stereocenters. The Morgan fingerprint density at radius 2 is 1.89 bits per heavy atom. The van der Waals surface area contributed by atoms with Crippen molar-refractivity contribution in [2.75, 3.05) is 6.54 Å². The lowest BCUT2D eigenvalue weighted by molar-refractivity contribution is 0.166. The Morgan fingerprint density at radius 3 is 2.33 bits per heavy atom. The molecule has 1 saturated carbocycles. The Bertz CT molecular complexity index is 504. The van der Waals surface area contributed by atoms with E-state index in [0.29, 0.717) is 18.0 Å². The van der Waals surface area contributed by atoms with Gasteiger partial charge in [0.1, 0.15) is 0 Å². The van der Waals surface area contributed by atoms with E-state index in [2.05, 4.69) is 11.6 Å². The maximum absolute atomic E-state index is 12.1. The van der Waals surface area contributed by atoms with Crippen LogP contribution in [-0.2, 0) is 16.6 Å². The number of rotatable bonds is 5. The highest BCUT2D eigenvalue weighted by Gasteiger charge is 2.32. The van der Waals surface area contributed by atoms with Gasteiger partial charge in [-0.2, -0.15) is 0 Å². The molecular formula is C13H20N2O2S. The molecule has 4 nitrogen and oxygen atoms in total. The second-order valence-electron chi connectivity index (χ2n) is 5.34. The van der Waals surface area contributed by atoms with Crippen molar-refractivity contribution in [1.82, 2.24) is 4.72 Å². The van der Waals surface area contributed by atoms with Crippen LogP contribution in [0.4, 0.5) is 0 Å². The van der Waals surface area contributed by atoms with Gasteiger partial charge in [0, 0.05) is 13.1 Å². The molecule has 1 aromatic carbocycles. The molecule has 0 spiro atoms. The number of benzene rings is 1. The zero-order valence-electron chi connectivity index (χ0n) is 10.6. The van der Waals surface area contributed by atoms with Crippen LogP contribution in [0.5, 0.6) is 0 Å². The lowest BCUT2D eigenvalue weighted by Crippen LogP contribution is -2.39. The van der Waals surface area contributed by atoms with Gasteiger partial charge in [-0.05, 0) is 36.0 Å². The highest BCUT2D eigenvalue weighted by atomic mass is 32.2. The lowest BCUT2D eigenvalue weighted by atomic mass is 9.71. The van der Waals surface area contributed by atoms with Gasteiger partial charge in [-0.15, -0.1) is 0 Å². The van der Waals surface area contributed by atoms with Gasteiger partial charge >= 0.3 is 0 Å². The smallest absolute Gasteiger partial charge is 0.240 e. The first kappa shape index (κ1) is 13.5. The van der Waals surface area contributed by atoms with Gasteiger partial charge < -0.3 is 5.73 Å². The van der Waals surface area contributed by atoms with E-state index in [1.165, 1.54) is 6.42 Å². The summed E-state index contributed by atoms with van der Waals surface area (Å²) >= 11 is 0. The van der Waals surface area contributed by atoms with E-state index < -0.39 is 10.0 Å². The zero-order valence-corrected chi connectivity index (χ0v) is 11.5. The van der Waals surface area contributed by atoms with Crippen molar-refractivity contribution in [3.63, 3.8) is 0 Å². The monoisotopic (exact) mass is 268 g/mol. The molecule has 0 bridgehead atoms. The molecule has 18 heavy (non-hydrogen) atoms. The van der Waals surface area contributed by atoms with Gasteiger partial charge in [-0.1, -0.05) is 25.5 Å². The Morgan fingerprint density at radius 1 is 1.28 bits per heavy atom. The van der Waals surface area contributed by atoms with E-state index in [1.54, 1.807) is 24.3 Å². The van der Waals surface area contributed by atoms with Crippen molar-refractivity contribution in [1.29, 1.82) is 0 Å². The third-order valence-corrected chi connectivity index (χ3v) is 5.14. The Kier molecular flexibility index (Phi) is 3.75. The van der Waals surface area contributed by atoms with Crippen molar-refractivity contribution in [3.8, 4) is 0 Å². The second kappa shape index (κ2) is 4.99. The van der Waals surface area contributed by atoms with Crippen LogP contribution in [0, 0.1) is 5.41 Å². The number of nitrogens with two attached hydrogens (primary N) is 1. The van der Waals surface area contributed by atoms with Gasteiger partial charge in [-0.25, -0.2) is 13.1 Å². The average molecular weight is 268 g/mol. The van der Waals surface area contributed by atoms with E-state index in [0.717, 1.165) is 18.4 Å². The van der Waals surface area contributed by atoms with Crippen molar-refractivity contribution in [2.24, 2.45) is 11.1 Å². The average Bonchev–Trinajstić information content (AvgIpc) is 2.34. The molecule has 0 heterocycles. The molecule has 5 heteroatoms. The first-order valence-corrected chi connectivity index (χ1v) is 7.72. The summed E-state index contributed by atoms with van der Waals surface area (Å²) in [6, 6.07) is 6.71. The van der Waals surface area contributed by atoms with Gasteiger partial charge in [0.05, 0.1) is 4.90 Å². The summed E-state index contributed by atoms with van der Waals surface area (Å²) in [6.45, 7) is 3.07. The summed E-state index contributed by atoms with van der Waals surface area (Å²) in [5.74, 6) is 0. The highest BCUT2D eigenvalue weighted by molar-refractivity contribution is 7.89. The molecule has 3 N–H and O–H groups in total. The molecule has 1 aromatic rings. The molecule has 1 aliphatic carbocycles. The minimum Gasteiger partial charge on any atom is -0.326 e. The summed E-state index contributed by atoms with van der Waals surface area (Å²) in [4.78, 5) is 0.308. The largest absolute Gasteiger partial charge is 0.326 e. The summed E-state index contributed by atoms with van der Waals surface area (Å²) < 4.78 is 26.8. The minimum atomic E-state index is -3.39. The van der Waals surface area contributed by atoms with Gasteiger partial charge in [0.2, 0.25) is 10.0 Å². The third kappa shape index (κ3) is 2.91. The number of sulfonamides is 1. The van der Waals surface area contributed by atoms with Crippen molar-refractivity contribution >= 4 is 10.0 Å². The molecule has 0 aromatic heterocycles. The molecular weight excluding hydrogens is 248 g/mol. The summed E-state index contributed by atoms with van der Waals surface area (Å²) in [7, 11) is -3.39. The summed E-state index contributed by atoms with van der Waals surface area (Å²) in [6.07, 6.45) is 3.40. The van der Waals surface area contributed by atoms with E-state index >= 15 is 0 Å². The predicted octanol–water partition coefficient (Wildman–Crippen LogP) is 1.61. The minimum absolute atomic E-state index is 0.143. The molecule has 0 aliphatic heterocycles. The number of hydrogen-bond donors (Lipinski definition) is 2. The quantitative estimate of drug-likeness (QED) is 0.852. The standard InChI is InChI=1S/C13H20N2O2S/c1-13(7-2-8-13)10-15-18(16,17)12-5-3-11(9-14)4-6-12/h3-6,15H,2,7-10,14H2,1H3. The van der Waals surface area contributed by atoms with E-state index in [9.17, 15) is 8.42 Å². The van der Waals surface area contributed by atoms with Crippen LogP contribution in [0.3, 0.4) is 0 Å². The fourth-order valence-corrected chi connectivity index (χ4v) is 3.31. The predicted molar refractivity (Wildman–Crippen MR) is 71.5 cm³/mol. The van der Waals surface area contributed by atoms with Crippen LogP contribution in [0.2, 0.25) is 0 Å². The summed E-state index contributed by atoms with van der Waals surface area (Å²) in [5, 5.41) is 0. The van der Waals surface area contributed by atoms with Crippen LogP contribution in [0.1, 0.15) is 31.7 Å². The van der Waals surface area contributed by atoms with Crippen LogP contribution in [0.25, 0.3) is 0 Å². The van der Waals surface area contributed by atoms with Gasteiger partial charge in [-0.3, -0.25) is 0 Å². The Labute approximate surface area is 109 Å². The Balaban J connectivity index is 2.05. The molecule has 0 unspecified atom stereocenters. The van der Waals surface area contributed by atoms with Crippen molar-refractivity contribution in [3.05, 3.63) is 29.8 Å². The third-order valence-electron chi connectivity index (χ3n) is 3.72. The van der Waals surface area contributed by atoms with E-state index in [1.807, 2.05) is 0 Å². The first-order chi connectivity index (χ1) is 8.45. The fourth-order valence-electron chi connectivity index (χ4n) is 2.11. The van der Waals surface area contributed by atoms with Crippen LogP contribution in [-0.4, -0.2) is 15.0 Å². The molecule has 0 saturated heterocycles. The molecule has 2 rings (SSSR count). The second-order valence-corrected chi connectivity index (χ2v) is 7.10. The maximum atomic E-state index is 12.1. The maximum Gasteiger partial charge on any atom is 0.240 e.